The van der Waals surface area contributed by atoms with Crippen molar-refractivity contribution in [1.82, 2.24) is 14.8 Å². The van der Waals surface area contributed by atoms with Gasteiger partial charge in [0.2, 0.25) is 0 Å². The van der Waals surface area contributed by atoms with Crippen LogP contribution in [0.3, 0.4) is 0 Å². The average Bonchev–Trinajstić information content (AvgIpc) is 3.17. The fourth-order valence-corrected chi connectivity index (χ4v) is 3.63. The van der Waals surface area contributed by atoms with E-state index in [1.165, 1.54) is 12.1 Å². The number of nitrogens with zero attached hydrogens (tertiary/aromatic N) is 3. The van der Waals surface area contributed by atoms with Crippen molar-refractivity contribution >= 4 is 23.1 Å². The Labute approximate surface area is 136 Å². The van der Waals surface area contributed by atoms with E-state index in [0.717, 1.165) is 27.2 Å². The number of rotatable bonds is 6. The first kappa shape index (κ1) is 15.0. The molecule has 0 radical (unpaired) electrons. The summed E-state index contributed by atoms with van der Waals surface area (Å²) in [7, 11) is 0. The van der Waals surface area contributed by atoms with Gasteiger partial charge in [0, 0.05) is 12.3 Å². The summed E-state index contributed by atoms with van der Waals surface area (Å²) in [6, 6.07) is 10.6. The lowest BCUT2D eigenvalue weighted by Crippen LogP contribution is -1.99. The molecule has 22 heavy (non-hydrogen) atoms. The maximum Gasteiger partial charge on any atom is 0.192 e. The molecule has 1 aromatic carbocycles. The molecule has 0 aliphatic carbocycles. The number of hydrogen-bond acceptors (Lipinski definition) is 4. The van der Waals surface area contributed by atoms with E-state index < -0.39 is 0 Å². The van der Waals surface area contributed by atoms with Crippen LogP contribution in [0.15, 0.2) is 59.6 Å². The standard InChI is InChI=1S/C16H14FN3S2/c1-2-9-20-15(14-4-3-10-21-14)18-19-16(20)22-11-12-5-7-13(17)8-6-12/h2-8,10H,1,9,11H2. The van der Waals surface area contributed by atoms with Gasteiger partial charge in [0.25, 0.3) is 0 Å². The van der Waals surface area contributed by atoms with Crippen molar-refractivity contribution in [2.75, 3.05) is 0 Å². The molecule has 0 saturated carbocycles. The van der Waals surface area contributed by atoms with Gasteiger partial charge >= 0.3 is 0 Å². The molecule has 2 aromatic heterocycles. The van der Waals surface area contributed by atoms with Crippen molar-refractivity contribution in [2.24, 2.45) is 0 Å². The van der Waals surface area contributed by atoms with Crippen LogP contribution >= 0.6 is 23.1 Å². The van der Waals surface area contributed by atoms with Crippen LogP contribution < -0.4 is 0 Å². The lowest BCUT2D eigenvalue weighted by Gasteiger charge is -2.06. The van der Waals surface area contributed by atoms with E-state index in [9.17, 15) is 4.39 Å². The predicted molar refractivity (Wildman–Crippen MR) is 89.5 cm³/mol. The zero-order chi connectivity index (χ0) is 15.4. The van der Waals surface area contributed by atoms with Gasteiger partial charge in [-0.2, -0.15) is 0 Å². The maximum atomic E-state index is 12.9. The Bertz CT molecular complexity index is 748. The molecule has 0 aliphatic heterocycles. The fraction of sp³-hybridized carbons (Fsp3) is 0.125. The Morgan fingerprint density at radius 3 is 2.73 bits per heavy atom. The first-order valence-corrected chi connectivity index (χ1v) is 8.59. The van der Waals surface area contributed by atoms with Crippen LogP contribution in [0.2, 0.25) is 0 Å². The van der Waals surface area contributed by atoms with Gasteiger partial charge in [0.1, 0.15) is 5.82 Å². The number of allylic oxidation sites excluding steroid dienone is 1. The van der Waals surface area contributed by atoms with Crippen molar-refractivity contribution in [3.8, 4) is 10.7 Å². The van der Waals surface area contributed by atoms with Crippen LogP contribution in [0.25, 0.3) is 10.7 Å². The zero-order valence-corrected chi connectivity index (χ0v) is 13.4. The first-order valence-electron chi connectivity index (χ1n) is 6.73. The van der Waals surface area contributed by atoms with Crippen molar-refractivity contribution < 1.29 is 4.39 Å². The van der Waals surface area contributed by atoms with Gasteiger partial charge in [-0.15, -0.1) is 28.1 Å². The van der Waals surface area contributed by atoms with Crippen molar-refractivity contribution in [1.29, 1.82) is 0 Å². The number of thiophene rings is 1. The fourth-order valence-electron chi connectivity index (χ4n) is 2.01. The molecule has 0 amide bonds. The smallest absolute Gasteiger partial charge is 0.192 e. The lowest BCUT2D eigenvalue weighted by atomic mass is 10.2. The molecule has 0 saturated heterocycles. The zero-order valence-electron chi connectivity index (χ0n) is 11.8. The lowest BCUT2D eigenvalue weighted by molar-refractivity contribution is 0.627. The number of hydrogen-bond donors (Lipinski definition) is 0. The van der Waals surface area contributed by atoms with Crippen molar-refractivity contribution in [3.63, 3.8) is 0 Å². The summed E-state index contributed by atoms with van der Waals surface area (Å²) in [6.45, 7) is 4.46. The maximum absolute atomic E-state index is 12.9. The molecular formula is C16H14FN3S2. The Morgan fingerprint density at radius 2 is 2.05 bits per heavy atom. The number of halogens is 1. The van der Waals surface area contributed by atoms with Crippen LogP contribution in [0.4, 0.5) is 4.39 Å². The molecule has 0 atom stereocenters. The van der Waals surface area contributed by atoms with Gasteiger partial charge in [-0.3, -0.25) is 4.57 Å². The van der Waals surface area contributed by atoms with Crippen LogP contribution in [-0.2, 0) is 12.3 Å². The SMILES string of the molecule is C=CCn1c(SCc2ccc(F)cc2)nnc1-c1cccs1. The van der Waals surface area contributed by atoms with E-state index >= 15 is 0 Å². The summed E-state index contributed by atoms with van der Waals surface area (Å²) in [4.78, 5) is 1.09. The average molecular weight is 331 g/mol. The normalized spacial score (nSPS) is 10.8. The highest BCUT2D eigenvalue weighted by Crippen LogP contribution is 2.28. The van der Waals surface area contributed by atoms with Gasteiger partial charge in [-0.25, -0.2) is 4.39 Å². The van der Waals surface area contributed by atoms with E-state index in [2.05, 4.69) is 16.8 Å². The van der Waals surface area contributed by atoms with Crippen LogP contribution in [0, 0.1) is 5.82 Å². The molecule has 0 fully saturated rings. The van der Waals surface area contributed by atoms with E-state index in [1.54, 1.807) is 35.2 Å². The molecule has 6 heteroatoms. The quantitative estimate of drug-likeness (QED) is 0.487. The second kappa shape index (κ2) is 6.89. The van der Waals surface area contributed by atoms with E-state index in [0.29, 0.717) is 6.54 Å². The van der Waals surface area contributed by atoms with Gasteiger partial charge in [0.05, 0.1) is 4.88 Å². The Morgan fingerprint density at radius 1 is 1.23 bits per heavy atom. The third kappa shape index (κ3) is 3.28. The van der Waals surface area contributed by atoms with Crippen molar-refractivity contribution in [2.45, 2.75) is 17.5 Å². The number of aromatic nitrogens is 3. The molecule has 3 rings (SSSR count). The second-order valence-corrected chi connectivity index (χ2v) is 6.49. The molecule has 0 bridgehead atoms. The molecule has 0 aliphatic rings. The molecule has 112 valence electrons. The van der Waals surface area contributed by atoms with Crippen molar-refractivity contribution in [3.05, 3.63) is 65.8 Å². The molecule has 3 aromatic rings. The second-order valence-electron chi connectivity index (χ2n) is 4.60. The Balaban J connectivity index is 1.81. The Kier molecular flexibility index (Phi) is 4.70. The summed E-state index contributed by atoms with van der Waals surface area (Å²) in [5, 5.41) is 11.4. The third-order valence-corrected chi connectivity index (χ3v) is 4.95. The molecule has 0 unspecified atom stereocenters. The van der Waals surface area contributed by atoms with Crippen LogP contribution in [0.5, 0.6) is 0 Å². The Hall–Kier alpha value is -1.92. The topological polar surface area (TPSA) is 30.7 Å². The monoisotopic (exact) mass is 331 g/mol. The third-order valence-electron chi connectivity index (χ3n) is 3.05. The summed E-state index contributed by atoms with van der Waals surface area (Å²) < 4.78 is 15.0. The minimum atomic E-state index is -0.219. The number of thioether (sulfide) groups is 1. The highest BCUT2D eigenvalue weighted by Gasteiger charge is 2.14. The van der Waals surface area contributed by atoms with Crippen LogP contribution in [0.1, 0.15) is 5.56 Å². The predicted octanol–water partition coefficient (Wildman–Crippen LogP) is 4.62. The van der Waals surface area contributed by atoms with E-state index in [-0.39, 0.29) is 5.82 Å². The van der Waals surface area contributed by atoms with Gasteiger partial charge in [0.15, 0.2) is 11.0 Å². The van der Waals surface area contributed by atoms with Gasteiger partial charge in [-0.1, -0.05) is 36.0 Å². The molecule has 0 N–H and O–H groups in total. The highest BCUT2D eigenvalue weighted by molar-refractivity contribution is 7.98. The minimum absolute atomic E-state index is 0.219. The summed E-state index contributed by atoms with van der Waals surface area (Å²) >= 11 is 3.22. The van der Waals surface area contributed by atoms with E-state index in [1.807, 2.05) is 28.2 Å². The molecule has 3 nitrogen and oxygen atoms in total. The number of benzene rings is 1. The van der Waals surface area contributed by atoms with E-state index in [4.69, 9.17) is 0 Å². The van der Waals surface area contributed by atoms with Crippen LogP contribution in [-0.4, -0.2) is 14.8 Å². The largest absolute Gasteiger partial charge is 0.297 e. The minimum Gasteiger partial charge on any atom is -0.297 e. The summed E-state index contributed by atoms with van der Waals surface area (Å²) in [5.74, 6) is 1.36. The highest BCUT2D eigenvalue weighted by atomic mass is 32.2. The molecule has 0 spiro atoms. The first-order chi connectivity index (χ1) is 10.8. The summed E-state index contributed by atoms with van der Waals surface area (Å²) in [5.41, 5.74) is 1.05. The van der Waals surface area contributed by atoms with Gasteiger partial charge in [-0.05, 0) is 29.1 Å². The van der Waals surface area contributed by atoms with Gasteiger partial charge < -0.3 is 0 Å². The molecule has 2 heterocycles. The molecular weight excluding hydrogens is 317 g/mol. The summed E-state index contributed by atoms with van der Waals surface area (Å²) in [6.07, 6.45) is 1.84.